The van der Waals surface area contributed by atoms with E-state index in [0.717, 1.165) is 37.1 Å². The van der Waals surface area contributed by atoms with Crippen LogP contribution in [-0.4, -0.2) is 22.3 Å². The van der Waals surface area contributed by atoms with Crippen LogP contribution in [0.4, 0.5) is 10.1 Å². The maximum atomic E-state index is 13.1. The van der Waals surface area contributed by atoms with Gasteiger partial charge in [0.25, 0.3) is 5.91 Å². The van der Waals surface area contributed by atoms with Crippen LogP contribution in [0.1, 0.15) is 28.4 Å². The largest absolute Gasteiger partial charge is 0.322 e. The number of rotatable bonds is 3. The molecule has 0 spiro atoms. The van der Waals surface area contributed by atoms with Gasteiger partial charge in [0.15, 0.2) is 0 Å². The van der Waals surface area contributed by atoms with Crippen molar-refractivity contribution in [1.82, 2.24) is 9.88 Å². The van der Waals surface area contributed by atoms with E-state index < -0.39 is 5.82 Å². The number of nitrogens with zero attached hydrogens (tertiary/aromatic N) is 2. The van der Waals surface area contributed by atoms with E-state index in [1.165, 1.54) is 17.8 Å². The number of carbonyl (C=O) groups is 1. The standard InChI is InChI=1S/C16H16FN3O/c1-2-20-9-11-4-3-5-15(14(11)10-20)19-16(21)12-6-13(17)8-18-7-12/h3-8H,2,9-10H2,1H3,(H,19,21). The van der Waals surface area contributed by atoms with Crippen molar-refractivity contribution in [3.05, 3.63) is 59.2 Å². The quantitative estimate of drug-likeness (QED) is 0.943. The van der Waals surface area contributed by atoms with Gasteiger partial charge in [-0.3, -0.25) is 14.7 Å². The molecule has 4 nitrogen and oxygen atoms in total. The molecule has 5 heteroatoms. The van der Waals surface area contributed by atoms with Gasteiger partial charge in [-0.05, 0) is 29.8 Å². The fourth-order valence-corrected chi connectivity index (χ4v) is 2.56. The lowest BCUT2D eigenvalue weighted by Crippen LogP contribution is -2.16. The van der Waals surface area contributed by atoms with E-state index in [0.29, 0.717) is 0 Å². The molecule has 0 fully saturated rings. The third-order valence-electron chi connectivity index (χ3n) is 3.71. The zero-order valence-electron chi connectivity index (χ0n) is 11.8. The topological polar surface area (TPSA) is 45.2 Å². The Kier molecular flexibility index (Phi) is 3.66. The molecule has 1 N–H and O–H groups in total. The molecule has 0 saturated carbocycles. The molecule has 1 aromatic heterocycles. The molecule has 2 aromatic rings. The molecule has 2 heterocycles. The third kappa shape index (κ3) is 2.78. The summed E-state index contributed by atoms with van der Waals surface area (Å²) in [6.07, 6.45) is 2.44. The van der Waals surface area contributed by atoms with Crippen molar-refractivity contribution in [2.24, 2.45) is 0 Å². The van der Waals surface area contributed by atoms with Crippen LogP contribution in [0.3, 0.4) is 0 Å². The predicted octanol–water partition coefficient (Wildman–Crippen LogP) is 2.81. The molecular formula is C16H16FN3O. The SMILES string of the molecule is CCN1Cc2cccc(NC(=O)c3cncc(F)c3)c2C1. The summed E-state index contributed by atoms with van der Waals surface area (Å²) in [6.45, 7) is 4.80. The summed E-state index contributed by atoms with van der Waals surface area (Å²) in [7, 11) is 0. The molecule has 0 radical (unpaired) electrons. The van der Waals surface area contributed by atoms with Gasteiger partial charge in [0.2, 0.25) is 0 Å². The van der Waals surface area contributed by atoms with Crippen molar-refractivity contribution in [3.8, 4) is 0 Å². The summed E-state index contributed by atoms with van der Waals surface area (Å²) in [4.78, 5) is 18.2. The first-order valence-electron chi connectivity index (χ1n) is 6.92. The number of anilines is 1. The van der Waals surface area contributed by atoms with Gasteiger partial charge in [0.05, 0.1) is 11.8 Å². The average Bonchev–Trinajstić information content (AvgIpc) is 2.91. The van der Waals surface area contributed by atoms with Crippen LogP contribution in [0.15, 0.2) is 36.7 Å². The van der Waals surface area contributed by atoms with Crippen LogP contribution < -0.4 is 5.32 Å². The number of pyridine rings is 1. The molecule has 1 aliphatic heterocycles. The molecular weight excluding hydrogens is 269 g/mol. The normalized spacial score (nSPS) is 14.0. The Balaban J connectivity index is 1.84. The van der Waals surface area contributed by atoms with Crippen LogP contribution in [0.5, 0.6) is 0 Å². The third-order valence-corrected chi connectivity index (χ3v) is 3.71. The summed E-state index contributed by atoms with van der Waals surface area (Å²) < 4.78 is 13.1. The molecule has 0 bridgehead atoms. The molecule has 0 unspecified atom stereocenters. The van der Waals surface area contributed by atoms with Gasteiger partial charge < -0.3 is 5.32 Å². The summed E-state index contributed by atoms with van der Waals surface area (Å²) in [5.74, 6) is -0.858. The zero-order chi connectivity index (χ0) is 14.8. The van der Waals surface area contributed by atoms with Crippen molar-refractivity contribution >= 4 is 11.6 Å². The minimum absolute atomic E-state index is 0.220. The molecule has 0 atom stereocenters. The smallest absolute Gasteiger partial charge is 0.257 e. The van der Waals surface area contributed by atoms with Crippen molar-refractivity contribution in [2.75, 3.05) is 11.9 Å². The number of benzene rings is 1. The number of nitrogens with one attached hydrogen (secondary N) is 1. The fraction of sp³-hybridized carbons (Fsp3) is 0.250. The van der Waals surface area contributed by atoms with E-state index in [9.17, 15) is 9.18 Å². The van der Waals surface area contributed by atoms with E-state index in [2.05, 4.69) is 28.2 Å². The highest BCUT2D eigenvalue weighted by Crippen LogP contribution is 2.29. The Morgan fingerprint density at radius 2 is 2.24 bits per heavy atom. The lowest BCUT2D eigenvalue weighted by Gasteiger charge is -2.11. The minimum atomic E-state index is -0.516. The van der Waals surface area contributed by atoms with Crippen LogP contribution in [0, 0.1) is 5.82 Å². The van der Waals surface area contributed by atoms with E-state index >= 15 is 0 Å². The Hall–Kier alpha value is -2.27. The number of hydrogen-bond acceptors (Lipinski definition) is 3. The van der Waals surface area contributed by atoms with Crippen molar-refractivity contribution in [2.45, 2.75) is 20.0 Å². The van der Waals surface area contributed by atoms with Crippen molar-refractivity contribution in [3.63, 3.8) is 0 Å². The fourth-order valence-electron chi connectivity index (χ4n) is 2.56. The van der Waals surface area contributed by atoms with E-state index in [1.807, 2.05) is 12.1 Å². The van der Waals surface area contributed by atoms with Gasteiger partial charge in [0.1, 0.15) is 5.82 Å². The number of halogens is 1. The second kappa shape index (κ2) is 5.61. The number of carbonyl (C=O) groups excluding carboxylic acids is 1. The average molecular weight is 285 g/mol. The van der Waals surface area contributed by atoms with Crippen molar-refractivity contribution in [1.29, 1.82) is 0 Å². The summed E-state index contributed by atoms with van der Waals surface area (Å²) >= 11 is 0. The molecule has 21 heavy (non-hydrogen) atoms. The monoisotopic (exact) mass is 285 g/mol. The second-order valence-corrected chi connectivity index (χ2v) is 5.09. The number of fused-ring (bicyclic) bond motifs is 1. The highest BCUT2D eigenvalue weighted by Gasteiger charge is 2.21. The highest BCUT2D eigenvalue weighted by atomic mass is 19.1. The van der Waals surface area contributed by atoms with Crippen LogP contribution in [-0.2, 0) is 13.1 Å². The molecule has 1 aliphatic rings. The molecule has 0 saturated heterocycles. The molecule has 0 aliphatic carbocycles. The van der Waals surface area contributed by atoms with E-state index in [-0.39, 0.29) is 11.5 Å². The lowest BCUT2D eigenvalue weighted by molar-refractivity contribution is 0.102. The first-order chi connectivity index (χ1) is 10.2. The molecule has 1 aromatic carbocycles. The number of aromatic nitrogens is 1. The Morgan fingerprint density at radius 1 is 1.38 bits per heavy atom. The van der Waals surface area contributed by atoms with Gasteiger partial charge in [-0.1, -0.05) is 19.1 Å². The second-order valence-electron chi connectivity index (χ2n) is 5.09. The van der Waals surface area contributed by atoms with Crippen LogP contribution >= 0.6 is 0 Å². The van der Waals surface area contributed by atoms with Gasteiger partial charge in [0, 0.05) is 25.0 Å². The zero-order valence-corrected chi connectivity index (χ0v) is 11.8. The minimum Gasteiger partial charge on any atom is -0.322 e. The number of hydrogen-bond donors (Lipinski definition) is 1. The van der Waals surface area contributed by atoms with Crippen LogP contribution in [0.2, 0.25) is 0 Å². The summed E-state index contributed by atoms with van der Waals surface area (Å²) in [5.41, 5.74) is 3.37. The summed E-state index contributed by atoms with van der Waals surface area (Å²) in [5, 5.41) is 2.86. The lowest BCUT2D eigenvalue weighted by atomic mass is 10.1. The molecule has 1 amide bonds. The van der Waals surface area contributed by atoms with Crippen LogP contribution in [0.25, 0.3) is 0 Å². The number of amides is 1. The molecule has 108 valence electrons. The van der Waals surface area contributed by atoms with E-state index in [1.54, 1.807) is 0 Å². The highest BCUT2D eigenvalue weighted by molar-refractivity contribution is 6.04. The maximum Gasteiger partial charge on any atom is 0.257 e. The first kappa shape index (κ1) is 13.7. The van der Waals surface area contributed by atoms with Gasteiger partial charge in [-0.15, -0.1) is 0 Å². The molecule has 3 rings (SSSR count). The van der Waals surface area contributed by atoms with Gasteiger partial charge in [-0.25, -0.2) is 4.39 Å². The Labute approximate surface area is 122 Å². The Bertz CT molecular complexity index is 687. The van der Waals surface area contributed by atoms with E-state index in [4.69, 9.17) is 0 Å². The predicted molar refractivity (Wildman–Crippen MR) is 78.4 cm³/mol. The Morgan fingerprint density at radius 3 is 3.00 bits per heavy atom. The van der Waals surface area contributed by atoms with Gasteiger partial charge in [-0.2, -0.15) is 0 Å². The van der Waals surface area contributed by atoms with Crippen molar-refractivity contribution < 1.29 is 9.18 Å². The maximum absolute atomic E-state index is 13.1. The van der Waals surface area contributed by atoms with Gasteiger partial charge >= 0.3 is 0 Å². The first-order valence-corrected chi connectivity index (χ1v) is 6.92. The summed E-state index contributed by atoms with van der Waals surface area (Å²) in [6, 6.07) is 7.06.